The molecule has 2 atom stereocenters. The lowest BCUT2D eigenvalue weighted by molar-refractivity contribution is 0.554. The summed E-state index contributed by atoms with van der Waals surface area (Å²) in [5, 5.41) is 0.362. The number of benzene rings is 1. The summed E-state index contributed by atoms with van der Waals surface area (Å²) in [5.41, 5.74) is 6.39. The van der Waals surface area contributed by atoms with Gasteiger partial charge in [0.1, 0.15) is 0 Å². The Balaban J connectivity index is 2.26. The van der Waals surface area contributed by atoms with E-state index in [1.54, 1.807) is 23.9 Å². The molecule has 4 nitrogen and oxygen atoms in total. The highest BCUT2D eigenvalue weighted by atomic mass is 79.9. The molecule has 3 N–H and O–H groups in total. The highest BCUT2D eigenvalue weighted by molar-refractivity contribution is 9.10. The zero-order chi connectivity index (χ0) is 14.8. The van der Waals surface area contributed by atoms with Crippen molar-refractivity contribution in [2.45, 2.75) is 42.0 Å². The average Bonchev–Trinajstić information content (AvgIpc) is 2.85. The van der Waals surface area contributed by atoms with Crippen LogP contribution in [-0.4, -0.2) is 26.0 Å². The summed E-state index contributed by atoms with van der Waals surface area (Å²) < 4.78 is 28.5. The van der Waals surface area contributed by atoms with Gasteiger partial charge in [0.05, 0.1) is 4.90 Å². The lowest BCUT2D eigenvalue weighted by atomic mass is 10.2. The Bertz CT molecular complexity index is 578. The first kappa shape index (κ1) is 16.3. The summed E-state index contributed by atoms with van der Waals surface area (Å²) in [7, 11) is -3.52. The van der Waals surface area contributed by atoms with Gasteiger partial charge in [-0.3, -0.25) is 0 Å². The Morgan fingerprint density at radius 2 is 2.20 bits per heavy atom. The van der Waals surface area contributed by atoms with Crippen molar-refractivity contribution in [3.63, 3.8) is 0 Å². The minimum Gasteiger partial charge on any atom is -0.326 e. The van der Waals surface area contributed by atoms with Gasteiger partial charge >= 0.3 is 0 Å². The number of nitrogens with two attached hydrogens (primary N) is 1. The number of rotatable bonds is 5. The van der Waals surface area contributed by atoms with Gasteiger partial charge in [-0.1, -0.05) is 12.5 Å². The Hall–Kier alpha value is -0.0800. The summed E-state index contributed by atoms with van der Waals surface area (Å²) in [6.45, 7) is 0.326. The molecule has 2 rings (SSSR count). The molecular weight excluding hydrogens is 360 g/mol. The summed E-state index contributed by atoms with van der Waals surface area (Å²) in [5.74, 6) is 0. The number of sulfonamides is 1. The van der Waals surface area contributed by atoms with Crippen molar-refractivity contribution < 1.29 is 8.42 Å². The minimum absolute atomic E-state index is 0.0171. The van der Waals surface area contributed by atoms with Crippen LogP contribution in [0, 0.1) is 0 Å². The van der Waals surface area contributed by atoms with E-state index in [1.807, 2.05) is 12.3 Å². The molecule has 1 aromatic carbocycles. The van der Waals surface area contributed by atoms with Crippen molar-refractivity contribution in [3.05, 3.63) is 28.2 Å². The molecule has 0 aliphatic heterocycles. The van der Waals surface area contributed by atoms with Crippen LogP contribution in [0.15, 0.2) is 27.6 Å². The van der Waals surface area contributed by atoms with Crippen LogP contribution in [0.2, 0.25) is 0 Å². The number of hydrogen-bond donors (Lipinski definition) is 2. The number of thioether (sulfide) groups is 1. The number of hydrogen-bond acceptors (Lipinski definition) is 4. The smallest absolute Gasteiger partial charge is 0.241 e. The van der Waals surface area contributed by atoms with E-state index in [9.17, 15) is 8.42 Å². The normalized spacial score (nSPS) is 23.1. The van der Waals surface area contributed by atoms with E-state index in [0.29, 0.717) is 16.3 Å². The highest BCUT2D eigenvalue weighted by Gasteiger charge is 2.31. The first-order valence-electron chi connectivity index (χ1n) is 6.51. The van der Waals surface area contributed by atoms with Crippen LogP contribution in [0.3, 0.4) is 0 Å². The molecule has 7 heteroatoms. The topological polar surface area (TPSA) is 72.2 Å². The quantitative estimate of drug-likeness (QED) is 0.825. The van der Waals surface area contributed by atoms with E-state index < -0.39 is 10.0 Å². The van der Waals surface area contributed by atoms with Crippen LogP contribution >= 0.6 is 27.7 Å². The molecule has 1 aliphatic carbocycles. The Kier molecular flexibility index (Phi) is 5.53. The molecule has 0 heterocycles. The molecule has 0 bridgehead atoms. The van der Waals surface area contributed by atoms with Crippen LogP contribution in [0.5, 0.6) is 0 Å². The second-order valence-corrected chi connectivity index (χ2v) is 8.52. The molecule has 0 spiro atoms. The molecular formula is C13H19BrN2O2S2. The van der Waals surface area contributed by atoms with Crippen molar-refractivity contribution in [2.75, 3.05) is 6.26 Å². The van der Waals surface area contributed by atoms with E-state index in [1.165, 1.54) is 0 Å². The Labute approximate surface area is 133 Å². The van der Waals surface area contributed by atoms with Crippen LogP contribution in [0.25, 0.3) is 0 Å². The van der Waals surface area contributed by atoms with Crippen LogP contribution in [0.4, 0.5) is 0 Å². The van der Waals surface area contributed by atoms with Gasteiger partial charge in [0, 0.05) is 22.3 Å². The molecule has 1 saturated carbocycles. The van der Waals surface area contributed by atoms with Crippen molar-refractivity contribution in [2.24, 2.45) is 5.73 Å². The van der Waals surface area contributed by atoms with Crippen LogP contribution < -0.4 is 10.5 Å². The molecule has 2 unspecified atom stereocenters. The molecule has 1 fully saturated rings. The maximum atomic E-state index is 12.5. The first-order valence-corrected chi connectivity index (χ1v) is 10.1. The maximum absolute atomic E-state index is 12.5. The summed E-state index contributed by atoms with van der Waals surface area (Å²) in [4.78, 5) is 0.271. The summed E-state index contributed by atoms with van der Waals surface area (Å²) in [6, 6.07) is 5.21. The standard InChI is InChI=1S/C13H19BrN2O2S2/c1-19-12-4-2-3-11(12)16-20(17,18)13-7-9(8-15)5-6-10(13)14/h5-7,11-12,16H,2-4,8,15H2,1H3. The fraction of sp³-hybridized carbons (Fsp3) is 0.538. The van der Waals surface area contributed by atoms with Crippen LogP contribution in [0.1, 0.15) is 24.8 Å². The average molecular weight is 379 g/mol. The molecule has 1 aromatic rings. The van der Waals surface area contributed by atoms with E-state index in [0.717, 1.165) is 24.8 Å². The predicted molar refractivity (Wildman–Crippen MR) is 87.3 cm³/mol. The van der Waals surface area contributed by atoms with Gasteiger partial charge in [0.2, 0.25) is 10.0 Å². The molecule has 20 heavy (non-hydrogen) atoms. The largest absolute Gasteiger partial charge is 0.326 e. The molecule has 0 radical (unpaired) electrons. The highest BCUT2D eigenvalue weighted by Crippen LogP contribution is 2.30. The minimum atomic E-state index is -3.52. The summed E-state index contributed by atoms with van der Waals surface area (Å²) >= 11 is 5.04. The summed E-state index contributed by atoms with van der Waals surface area (Å²) in [6.07, 6.45) is 5.07. The van der Waals surface area contributed by atoms with Gasteiger partial charge in [-0.15, -0.1) is 0 Å². The maximum Gasteiger partial charge on any atom is 0.241 e. The molecule has 0 saturated heterocycles. The number of halogens is 1. The zero-order valence-electron chi connectivity index (χ0n) is 11.3. The molecule has 0 amide bonds. The fourth-order valence-electron chi connectivity index (χ4n) is 2.49. The van der Waals surface area contributed by atoms with Gasteiger partial charge < -0.3 is 5.73 Å². The van der Waals surface area contributed by atoms with E-state index in [4.69, 9.17) is 5.73 Å². The monoisotopic (exact) mass is 378 g/mol. The van der Waals surface area contributed by atoms with Crippen molar-refractivity contribution in [1.29, 1.82) is 0 Å². The second-order valence-electron chi connectivity index (χ2n) is 4.90. The first-order chi connectivity index (χ1) is 9.47. The van der Waals surface area contributed by atoms with Gasteiger partial charge in [-0.2, -0.15) is 11.8 Å². The predicted octanol–water partition coefficient (Wildman–Crippen LogP) is 2.47. The van der Waals surface area contributed by atoms with E-state index >= 15 is 0 Å². The third kappa shape index (κ3) is 3.57. The van der Waals surface area contributed by atoms with Gasteiger partial charge in [0.25, 0.3) is 0 Å². The third-order valence-corrected chi connectivity index (χ3v) is 7.24. The van der Waals surface area contributed by atoms with E-state index in [-0.39, 0.29) is 10.9 Å². The lowest BCUT2D eigenvalue weighted by Gasteiger charge is -2.19. The van der Waals surface area contributed by atoms with Gasteiger partial charge in [-0.25, -0.2) is 13.1 Å². The molecule has 112 valence electrons. The fourth-order valence-corrected chi connectivity index (χ4v) is 5.83. The van der Waals surface area contributed by atoms with Gasteiger partial charge in [-0.05, 0) is 52.7 Å². The zero-order valence-corrected chi connectivity index (χ0v) is 14.5. The molecule has 1 aliphatic rings. The number of nitrogens with one attached hydrogen (secondary N) is 1. The third-order valence-electron chi connectivity index (χ3n) is 3.58. The van der Waals surface area contributed by atoms with Crippen molar-refractivity contribution in [1.82, 2.24) is 4.72 Å². The second kappa shape index (κ2) is 6.79. The van der Waals surface area contributed by atoms with E-state index in [2.05, 4.69) is 20.7 Å². The molecule has 0 aromatic heterocycles. The van der Waals surface area contributed by atoms with Crippen molar-refractivity contribution >= 4 is 37.7 Å². The Morgan fingerprint density at radius 3 is 2.85 bits per heavy atom. The lowest BCUT2D eigenvalue weighted by Crippen LogP contribution is -2.38. The van der Waals surface area contributed by atoms with Crippen LogP contribution in [-0.2, 0) is 16.6 Å². The Morgan fingerprint density at radius 1 is 1.45 bits per heavy atom. The van der Waals surface area contributed by atoms with Gasteiger partial charge in [0.15, 0.2) is 0 Å². The SMILES string of the molecule is CSC1CCCC1NS(=O)(=O)c1cc(CN)ccc1Br. The van der Waals surface area contributed by atoms with Crippen molar-refractivity contribution in [3.8, 4) is 0 Å².